The summed E-state index contributed by atoms with van der Waals surface area (Å²) in [6.45, 7) is 2.03. The molecule has 0 bridgehead atoms. The Bertz CT molecular complexity index is 1240. The monoisotopic (exact) mass is 431 g/mol. The third kappa shape index (κ3) is 3.57. The Morgan fingerprint density at radius 3 is 2.50 bits per heavy atom. The Labute approximate surface area is 171 Å². The summed E-state index contributed by atoms with van der Waals surface area (Å²) in [5.74, 6) is -1.50. The predicted molar refractivity (Wildman–Crippen MR) is 105 cm³/mol. The van der Waals surface area contributed by atoms with Crippen LogP contribution >= 0.6 is 0 Å². The molecule has 0 saturated heterocycles. The zero-order valence-corrected chi connectivity index (χ0v) is 16.4. The van der Waals surface area contributed by atoms with Crippen molar-refractivity contribution in [3.8, 4) is 11.5 Å². The Balaban J connectivity index is 1.75. The van der Waals surface area contributed by atoms with E-state index >= 15 is 0 Å². The van der Waals surface area contributed by atoms with Crippen LogP contribution in [0.25, 0.3) is 0 Å². The first-order valence-electron chi connectivity index (χ1n) is 8.86. The lowest BCUT2D eigenvalue weighted by atomic mass is 10.2. The molecule has 154 valence electrons. The molecule has 3 aromatic rings. The maximum atomic E-state index is 13.4. The molecule has 30 heavy (non-hydrogen) atoms. The van der Waals surface area contributed by atoms with Crippen LogP contribution in [-0.4, -0.2) is 25.9 Å². The van der Waals surface area contributed by atoms with Crippen LogP contribution in [0.1, 0.15) is 17.3 Å². The number of hydrogen-bond acceptors (Lipinski definition) is 5. The first-order valence-corrected chi connectivity index (χ1v) is 10.3. The van der Waals surface area contributed by atoms with Gasteiger partial charge in [-0.2, -0.15) is 0 Å². The molecule has 0 atom stereocenters. The van der Waals surface area contributed by atoms with Crippen LogP contribution in [0.5, 0.6) is 11.5 Å². The third-order valence-corrected chi connectivity index (χ3v) is 5.77. The van der Waals surface area contributed by atoms with E-state index in [0.29, 0.717) is 17.6 Å². The van der Waals surface area contributed by atoms with Gasteiger partial charge in [0.15, 0.2) is 11.6 Å². The molecule has 4 rings (SSSR count). The summed E-state index contributed by atoms with van der Waals surface area (Å²) in [7, 11) is -4.23. The molecule has 10 heteroatoms. The van der Waals surface area contributed by atoms with Crippen molar-refractivity contribution < 1.29 is 26.7 Å². The summed E-state index contributed by atoms with van der Waals surface area (Å²) in [5.41, 5.74) is -0.264. The number of carbonyl (C=O) groups is 1. The minimum atomic E-state index is -4.23. The molecule has 1 aliphatic heterocycles. The maximum absolute atomic E-state index is 13.4. The van der Waals surface area contributed by atoms with Crippen LogP contribution in [0, 0.1) is 11.6 Å². The fraction of sp³-hybridized carbons (Fsp3) is 0.100. The first-order chi connectivity index (χ1) is 14.3. The van der Waals surface area contributed by atoms with Crippen LogP contribution in [0.2, 0.25) is 0 Å². The SMILES string of the molecule is CCN1C(=O)c2cc(S(=O)(=O)Nc3cc(F)cc(F)c3)ccc2Oc2cccnc21. The van der Waals surface area contributed by atoms with E-state index in [2.05, 4.69) is 9.71 Å². The van der Waals surface area contributed by atoms with Gasteiger partial charge in [0.2, 0.25) is 0 Å². The van der Waals surface area contributed by atoms with E-state index in [9.17, 15) is 22.0 Å². The predicted octanol–water partition coefficient (Wildman–Crippen LogP) is 3.93. The quantitative estimate of drug-likeness (QED) is 0.676. The van der Waals surface area contributed by atoms with Gasteiger partial charge in [-0.25, -0.2) is 22.2 Å². The van der Waals surface area contributed by atoms with Crippen LogP contribution in [-0.2, 0) is 10.0 Å². The van der Waals surface area contributed by atoms with Gasteiger partial charge in [0.1, 0.15) is 17.4 Å². The van der Waals surface area contributed by atoms with Crippen LogP contribution in [0.4, 0.5) is 20.3 Å². The summed E-state index contributed by atoms with van der Waals surface area (Å²) in [6, 6.07) is 9.37. The second kappa shape index (κ2) is 7.38. The maximum Gasteiger partial charge on any atom is 0.263 e. The molecule has 1 aliphatic rings. The topological polar surface area (TPSA) is 88.6 Å². The highest BCUT2D eigenvalue weighted by atomic mass is 32.2. The standard InChI is InChI=1S/C20H15F2N3O4S/c1-2-25-19-18(4-3-7-23-19)29-17-6-5-15(11-16(17)20(25)26)30(27,28)24-14-9-12(21)8-13(22)10-14/h3-11,24H,2H2,1H3. The van der Waals surface area contributed by atoms with Gasteiger partial charge < -0.3 is 4.74 Å². The number of aromatic nitrogens is 1. The summed E-state index contributed by atoms with van der Waals surface area (Å²) in [4.78, 5) is 18.3. The Morgan fingerprint density at radius 2 is 1.80 bits per heavy atom. The Kier molecular flexibility index (Phi) is 4.86. The van der Waals surface area contributed by atoms with Crippen LogP contribution < -0.4 is 14.4 Å². The zero-order valence-electron chi connectivity index (χ0n) is 15.6. The Hall–Kier alpha value is -3.53. The molecule has 7 nitrogen and oxygen atoms in total. The summed E-state index contributed by atoms with van der Waals surface area (Å²) >= 11 is 0. The zero-order chi connectivity index (χ0) is 21.5. The lowest BCUT2D eigenvalue weighted by molar-refractivity contribution is 0.0987. The minimum absolute atomic E-state index is 0.0168. The highest BCUT2D eigenvalue weighted by Gasteiger charge is 2.30. The third-order valence-electron chi connectivity index (χ3n) is 4.39. The Morgan fingerprint density at radius 1 is 1.07 bits per heavy atom. The van der Waals surface area contributed by atoms with E-state index < -0.39 is 27.6 Å². The van der Waals surface area contributed by atoms with Gasteiger partial charge >= 0.3 is 0 Å². The average molecular weight is 431 g/mol. The molecule has 0 radical (unpaired) electrons. The van der Waals surface area contributed by atoms with Gasteiger partial charge in [-0.05, 0) is 49.4 Å². The van der Waals surface area contributed by atoms with Crippen molar-refractivity contribution in [1.29, 1.82) is 0 Å². The highest BCUT2D eigenvalue weighted by molar-refractivity contribution is 7.92. The molecule has 0 fully saturated rings. The normalized spacial score (nSPS) is 13.2. The van der Waals surface area contributed by atoms with Gasteiger partial charge in [-0.15, -0.1) is 0 Å². The van der Waals surface area contributed by atoms with Crippen molar-refractivity contribution in [2.75, 3.05) is 16.2 Å². The highest BCUT2D eigenvalue weighted by Crippen LogP contribution is 2.38. The van der Waals surface area contributed by atoms with Gasteiger partial charge in [0.05, 0.1) is 16.1 Å². The number of anilines is 2. The number of carbonyl (C=O) groups excluding carboxylic acids is 1. The number of fused-ring (bicyclic) bond motifs is 2. The molecule has 0 spiro atoms. The van der Waals surface area contributed by atoms with E-state index in [-0.39, 0.29) is 28.4 Å². The molecule has 1 amide bonds. The average Bonchev–Trinajstić information content (AvgIpc) is 2.80. The number of sulfonamides is 1. The second-order valence-electron chi connectivity index (χ2n) is 6.40. The van der Waals surface area contributed by atoms with Crippen LogP contribution in [0.15, 0.2) is 59.6 Å². The van der Waals surface area contributed by atoms with Crippen molar-refractivity contribution in [2.45, 2.75) is 11.8 Å². The smallest absolute Gasteiger partial charge is 0.263 e. The van der Waals surface area contributed by atoms with E-state index in [0.717, 1.165) is 18.2 Å². The number of pyridine rings is 1. The minimum Gasteiger partial charge on any atom is -0.453 e. The molecule has 1 N–H and O–H groups in total. The molecule has 0 aliphatic carbocycles. The number of rotatable bonds is 4. The number of benzene rings is 2. The molecular formula is C20H15F2N3O4S. The van der Waals surface area contributed by atoms with E-state index in [1.165, 1.54) is 23.2 Å². The molecule has 1 aromatic heterocycles. The number of halogens is 2. The number of nitrogens with zero attached hydrogens (tertiary/aromatic N) is 2. The van der Waals surface area contributed by atoms with Crippen molar-refractivity contribution in [3.05, 3.63) is 71.9 Å². The fourth-order valence-electron chi connectivity index (χ4n) is 3.08. The largest absolute Gasteiger partial charge is 0.453 e. The van der Waals surface area contributed by atoms with E-state index in [1.807, 2.05) is 0 Å². The van der Waals surface area contributed by atoms with Crippen LogP contribution in [0.3, 0.4) is 0 Å². The van der Waals surface area contributed by atoms with Crippen molar-refractivity contribution in [1.82, 2.24) is 4.98 Å². The van der Waals surface area contributed by atoms with E-state index in [1.54, 1.807) is 19.1 Å². The number of ether oxygens (including phenoxy) is 1. The van der Waals surface area contributed by atoms with Gasteiger partial charge in [-0.3, -0.25) is 14.4 Å². The summed E-state index contributed by atoms with van der Waals surface area (Å²) < 4.78 is 60.2. The summed E-state index contributed by atoms with van der Waals surface area (Å²) in [6.07, 6.45) is 1.52. The second-order valence-corrected chi connectivity index (χ2v) is 8.08. The number of hydrogen-bond donors (Lipinski definition) is 1. The molecular weight excluding hydrogens is 416 g/mol. The molecule has 2 heterocycles. The number of amides is 1. The van der Waals surface area contributed by atoms with Gasteiger partial charge in [0, 0.05) is 18.8 Å². The molecule has 0 unspecified atom stereocenters. The van der Waals surface area contributed by atoms with E-state index in [4.69, 9.17) is 4.74 Å². The van der Waals surface area contributed by atoms with Gasteiger partial charge in [-0.1, -0.05) is 0 Å². The van der Waals surface area contributed by atoms with Crippen molar-refractivity contribution in [3.63, 3.8) is 0 Å². The van der Waals surface area contributed by atoms with Gasteiger partial charge in [0.25, 0.3) is 15.9 Å². The fourth-order valence-corrected chi connectivity index (χ4v) is 4.14. The molecule has 2 aromatic carbocycles. The first kappa shape index (κ1) is 19.8. The lowest BCUT2D eigenvalue weighted by Gasteiger charge is -2.18. The summed E-state index contributed by atoms with van der Waals surface area (Å²) in [5, 5.41) is 0. The van der Waals surface area contributed by atoms with Crippen molar-refractivity contribution in [2.24, 2.45) is 0 Å². The number of nitrogens with one attached hydrogen (secondary N) is 1. The molecule has 0 saturated carbocycles. The lowest BCUT2D eigenvalue weighted by Crippen LogP contribution is -2.30. The van der Waals surface area contributed by atoms with Crippen molar-refractivity contribution >= 4 is 27.4 Å².